The Morgan fingerprint density at radius 3 is 2.82 bits per heavy atom. The molecular weight excluding hydrogens is 562 g/mol. The molecule has 1 aromatic carbocycles. The average Bonchev–Trinajstić information content (AvgIpc) is 3.64. The molecule has 3 aromatic rings. The minimum absolute atomic E-state index is 0.112. The van der Waals surface area contributed by atoms with E-state index >= 15 is 0 Å². The molecular formula is C24H30ClN9O3S2. The maximum absolute atomic E-state index is 13.4. The Labute approximate surface area is 238 Å². The first kappa shape index (κ1) is 28.7. The van der Waals surface area contributed by atoms with Gasteiger partial charge in [-0.15, -0.1) is 22.7 Å². The molecule has 1 aliphatic rings. The number of thiazole rings is 2. The van der Waals surface area contributed by atoms with Crippen molar-refractivity contribution < 1.29 is 14.4 Å². The van der Waals surface area contributed by atoms with Gasteiger partial charge in [-0.3, -0.25) is 19.8 Å². The van der Waals surface area contributed by atoms with Crippen LogP contribution in [-0.4, -0.2) is 70.8 Å². The van der Waals surface area contributed by atoms with E-state index in [0.29, 0.717) is 59.3 Å². The summed E-state index contributed by atoms with van der Waals surface area (Å²) in [6.45, 7) is 0.848. The minimum Gasteiger partial charge on any atom is -0.370 e. The number of nitrogens with one attached hydrogen (secondary N) is 4. The van der Waals surface area contributed by atoms with Crippen LogP contribution < -0.4 is 27.4 Å². The number of halogens is 1. The number of likely N-dealkylation sites (N-methyl/N-ethyl adjacent to an activating group) is 1. The third kappa shape index (κ3) is 7.01. The van der Waals surface area contributed by atoms with E-state index in [-0.39, 0.29) is 29.5 Å². The molecule has 0 aliphatic carbocycles. The standard InChI is InChI=1S/C24H30ClN9O3S2/c1-29-19(35)14(4-2-3-7-30-24(27)28)31-20(36)16-11-38-21(33-16)17-9-13(26)10-34(17)23(37)22-32-15-8-12(25)5-6-18(15)39-22/h5-6,8,11,13-14,17H,2-4,7,9-10,26H2,1H3,(H,29,35)(H,31,36)(H4,27,28,30)/t13-,14?,17+/m1/s1. The number of guanidine groups is 1. The number of carbonyl (C=O) groups is 3. The highest BCUT2D eigenvalue weighted by Crippen LogP contribution is 2.36. The van der Waals surface area contributed by atoms with Crippen molar-refractivity contribution in [1.29, 1.82) is 5.41 Å². The van der Waals surface area contributed by atoms with Gasteiger partial charge in [0.15, 0.2) is 11.0 Å². The zero-order valence-electron chi connectivity index (χ0n) is 21.2. The van der Waals surface area contributed by atoms with Crippen molar-refractivity contribution in [2.24, 2.45) is 11.5 Å². The van der Waals surface area contributed by atoms with E-state index in [9.17, 15) is 14.4 Å². The van der Waals surface area contributed by atoms with Crippen LogP contribution in [0.3, 0.4) is 0 Å². The van der Waals surface area contributed by atoms with Gasteiger partial charge in [0, 0.05) is 36.6 Å². The highest BCUT2D eigenvalue weighted by molar-refractivity contribution is 7.20. The number of fused-ring (bicyclic) bond motifs is 1. The van der Waals surface area contributed by atoms with Crippen molar-refractivity contribution in [2.75, 3.05) is 20.1 Å². The summed E-state index contributed by atoms with van der Waals surface area (Å²) in [6, 6.07) is 3.94. The van der Waals surface area contributed by atoms with Gasteiger partial charge >= 0.3 is 0 Å². The van der Waals surface area contributed by atoms with E-state index < -0.39 is 18.0 Å². The lowest BCUT2D eigenvalue weighted by Gasteiger charge is -2.21. The second kappa shape index (κ2) is 12.7. The van der Waals surface area contributed by atoms with E-state index in [2.05, 4.69) is 25.9 Å². The SMILES string of the molecule is CNC(=O)C(CCCCNC(=N)N)NC(=O)c1csc([C@@H]2C[C@@H](N)CN2C(=O)c2nc3cc(Cl)ccc3s2)n1. The fourth-order valence-electron chi connectivity index (χ4n) is 4.36. The van der Waals surface area contributed by atoms with Crippen molar-refractivity contribution in [3.05, 3.63) is 44.3 Å². The van der Waals surface area contributed by atoms with E-state index in [0.717, 1.165) is 4.70 Å². The summed E-state index contributed by atoms with van der Waals surface area (Å²) in [6.07, 6.45) is 2.23. The average molecular weight is 592 g/mol. The number of nitrogens with zero attached hydrogens (tertiary/aromatic N) is 3. The number of aromatic nitrogens is 2. The molecule has 1 aliphatic heterocycles. The number of amides is 3. The van der Waals surface area contributed by atoms with Crippen molar-refractivity contribution in [2.45, 2.75) is 43.8 Å². The zero-order valence-corrected chi connectivity index (χ0v) is 23.6. The van der Waals surface area contributed by atoms with Crippen LogP contribution in [0.5, 0.6) is 0 Å². The van der Waals surface area contributed by atoms with Gasteiger partial charge in [0.05, 0.1) is 16.3 Å². The van der Waals surface area contributed by atoms with Gasteiger partial charge in [-0.1, -0.05) is 11.6 Å². The largest absolute Gasteiger partial charge is 0.370 e. The molecule has 2 aromatic heterocycles. The molecule has 8 N–H and O–H groups in total. The highest BCUT2D eigenvalue weighted by Gasteiger charge is 2.38. The summed E-state index contributed by atoms with van der Waals surface area (Å²) in [5.41, 5.74) is 12.3. The summed E-state index contributed by atoms with van der Waals surface area (Å²) < 4.78 is 0.858. The summed E-state index contributed by atoms with van der Waals surface area (Å²) >= 11 is 8.63. The number of nitrogens with two attached hydrogens (primary N) is 2. The normalized spacial score (nSPS) is 17.7. The Hall–Kier alpha value is -3.33. The van der Waals surface area contributed by atoms with E-state index in [4.69, 9.17) is 28.5 Å². The molecule has 0 bridgehead atoms. The van der Waals surface area contributed by atoms with E-state index in [1.807, 2.05) is 6.07 Å². The lowest BCUT2D eigenvalue weighted by atomic mass is 10.1. The Kier molecular flexibility index (Phi) is 9.32. The van der Waals surface area contributed by atoms with Gasteiger partial charge < -0.3 is 32.3 Å². The molecule has 0 radical (unpaired) electrons. The number of unbranched alkanes of at least 4 members (excludes halogenated alkanes) is 1. The molecule has 39 heavy (non-hydrogen) atoms. The monoisotopic (exact) mass is 591 g/mol. The first-order valence-electron chi connectivity index (χ1n) is 12.3. The lowest BCUT2D eigenvalue weighted by Crippen LogP contribution is -2.45. The first-order chi connectivity index (χ1) is 18.7. The van der Waals surface area contributed by atoms with Crippen molar-refractivity contribution in [1.82, 2.24) is 30.8 Å². The van der Waals surface area contributed by atoms with Crippen LogP contribution in [0, 0.1) is 5.41 Å². The molecule has 3 heterocycles. The van der Waals surface area contributed by atoms with Crippen LogP contribution >= 0.6 is 34.3 Å². The molecule has 15 heteroatoms. The number of hydrogen-bond acceptors (Lipinski definition) is 9. The Morgan fingerprint density at radius 2 is 2.08 bits per heavy atom. The number of carbonyl (C=O) groups excluding carboxylic acids is 3. The van der Waals surface area contributed by atoms with Crippen LogP contribution in [0.25, 0.3) is 10.2 Å². The Morgan fingerprint density at radius 1 is 1.28 bits per heavy atom. The van der Waals surface area contributed by atoms with Crippen molar-refractivity contribution >= 4 is 68.2 Å². The van der Waals surface area contributed by atoms with Gasteiger partial charge in [0.1, 0.15) is 16.7 Å². The summed E-state index contributed by atoms with van der Waals surface area (Å²) in [5.74, 6) is -1.14. The van der Waals surface area contributed by atoms with Crippen molar-refractivity contribution in [3.8, 4) is 0 Å². The second-order valence-corrected chi connectivity index (χ2v) is 11.5. The van der Waals surface area contributed by atoms with E-state index in [1.165, 1.54) is 29.7 Å². The fraction of sp³-hybridized carbons (Fsp3) is 0.417. The molecule has 208 valence electrons. The highest BCUT2D eigenvalue weighted by atomic mass is 35.5. The van der Waals surface area contributed by atoms with Crippen LogP contribution in [-0.2, 0) is 4.79 Å². The number of hydrogen-bond donors (Lipinski definition) is 6. The second-order valence-electron chi connectivity index (χ2n) is 9.15. The van der Waals surface area contributed by atoms with Gasteiger partial charge in [-0.2, -0.15) is 0 Å². The molecule has 0 saturated carbocycles. The Balaban J connectivity index is 1.43. The third-order valence-electron chi connectivity index (χ3n) is 6.27. The molecule has 3 amide bonds. The van der Waals surface area contributed by atoms with Gasteiger partial charge in [-0.25, -0.2) is 9.97 Å². The minimum atomic E-state index is -0.740. The summed E-state index contributed by atoms with van der Waals surface area (Å²) in [7, 11) is 1.51. The van der Waals surface area contributed by atoms with E-state index in [1.54, 1.807) is 22.4 Å². The maximum Gasteiger partial charge on any atom is 0.283 e. The third-order valence-corrected chi connectivity index (χ3v) is 8.48. The molecule has 3 atom stereocenters. The quantitative estimate of drug-likeness (QED) is 0.117. The smallest absolute Gasteiger partial charge is 0.283 e. The summed E-state index contributed by atoms with van der Waals surface area (Å²) in [5, 5.41) is 18.3. The van der Waals surface area contributed by atoms with Gasteiger partial charge in [0.25, 0.3) is 11.8 Å². The van der Waals surface area contributed by atoms with Crippen LogP contribution in [0.2, 0.25) is 5.02 Å². The number of likely N-dealkylation sites (tertiary alicyclic amines) is 1. The maximum atomic E-state index is 13.4. The first-order valence-corrected chi connectivity index (χ1v) is 14.4. The zero-order chi connectivity index (χ0) is 28.1. The number of rotatable bonds is 10. The summed E-state index contributed by atoms with van der Waals surface area (Å²) in [4.78, 5) is 49.4. The molecule has 4 rings (SSSR count). The predicted octanol–water partition coefficient (Wildman–Crippen LogP) is 1.82. The molecule has 1 saturated heterocycles. The van der Waals surface area contributed by atoms with Gasteiger partial charge in [0.2, 0.25) is 5.91 Å². The Bertz CT molecular complexity index is 1380. The van der Waals surface area contributed by atoms with Crippen molar-refractivity contribution in [3.63, 3.8) is 0 Å². The molecule has 1 fully saturated rings. The van der Waals surface area contributed by atoms with Crippen LogP contribution in [0.15, 0.2) is 23.6 Å². The molecule has 0 spiro atoms. The predicted molar refractivity (Wildman–Crippen MR) is 152 cm³/mol. The van der Waals surface area contributed by atoms with Gasteiger partial charge in [-0.05, 0) is 43.9 Å². The fourth-order valence-corrected chi connectivity index (χ4v) is 6.35. The molecule has 12 nitrogen and oxygen atoms in total. The number of benzene rings is 1. The topological polar surface area (TPSA) is 192 Å². The van der Waals surface area contributed by atoms with Crippen LogP contribution in [0.4, 0.5) is 0 Å². The lowest BCUT2D eigenvalue weighted by molar-refractivity contribution is -0.122. The molecule has 1 unspecified atom stereocenters. The van der Waals surface area contributed by atoms with Crippen LogP contribution in [0.1, 0.15) is 57.0 Å².